The lowest BCUT2D eigenvalue weighted by Gasteiger charge is -2.21. The number of carbonyl (C=O) groups is 1. The van der Waals surface area contributed by atoms with Crippen LogP contribution < -0.4 is 5.73 Å². The predicted molar refractivity (Wildman–Crippen MR) is 51.5 cm³/mol. The number of hydrogen-bond donors (Lipinski definition) is 1. The molecule has 14 heavy (non-hydrogen) atoms. The lowest BCUT2D eigenvalue weighted by atomic mass is 10.1. The van der Waals surface area contributed by atoms with Gasteiger partial charge in [-0.3, -0.25) is 9.69 Å². The molecule has 5 nitrogen and oxygen atoms in total. The Morgan fingerprint density at radius 1 is 1.57 bits per heavy atom. The second-order valence-corrected chi connectivity index (χ2v) is 3.55. The van der Waals surface area contributed by atoms with Gasteiger partial charge in [0.25, 0.3) is 0 Å². The minimum absolute atomic E-state index is 0.00985. The standard InChI is InChI=1S/C9H18N2O3/c1-13-8(14-2)6-11-4-3-7(5-11)9(10)12/h7-8H,3-6H2,1-2H3,(H2,10,12). The predicted octanol–water partition coefficient (Wildman–Crippen LogP) is -0.587. The van der Waals surface area contributed by atoms with Gasteiger partial charge in [0, 0.05) is 27.3 Å². The zero-order chi connectivity index (χ0) is 10.6. The smallest absolute Gasteiger partial charge is 0.221 e. The van der Waals surface area contributed by atoms with Gasteiger partial charge in [-0.1, -0.05) is 0 Å². The summed E-state index contributed by atoms with van der Waals surface area (Å²) >= 11 is 0. The summed E-state index contributed by atoms with van der Waals surface area (Å²) in [4.78, 5) is 13.0. The molecule has 1 heterocycles. The number of carbonyl (C=O) groups excluding carboxylic acids is 1. The van der Waals surface area contributed by atoms with Crippen LogP contribution in [0, 0.1) is 5.92 Å². The first-order valence-corrected chi connectivity index (χ1v) is 4.74. The normalized spacial score (nSPS) is 23.2. The van der Waals surface area contributed by atoms with Crippen LogP contribution in [0.25, 0.3) is 0 Å². The molecule has 1 saturated heterocycles. The number of likely N-dealkylation sites (tertiary alicyclic amines) is 1. The number of ether oxygens (including phenoxy) is 2. The molecule has 0 aliphatic carbocycles. The number of methoxy groups -OCH3 is 2. The highest BCUT2D eigenvalue weighted by molar-refractivity contribution is 5.77. The van der Waals surface area contributed by atoms with Crippen LogP contribution in [0.5, 0.6) is 0 Å². The van der Waals surface area contributed by atoms with E-state index in [1.165, 1.54) is 0 Å². The molecular formula is C9H18N2O3. The molecule has 5 heteroatoms. The van der Waals surface area contributed by atoms with E-state index in [4.69, 9.17) is 15.2 Å². The van der Waals surface area contributed by atoms with Crippen molar-refractivity contribution < 1.29 is 14.3 Å². The van der Waals surface area contributed by atoms with Crippen molar-refractivity contribution in [2.75, 3.05) is 33.9 Å². The van der Waals surface area contributed by atoms with Crippen LogP contribution in [0.2, 0.25) is 0 Å². The van der Waals surface area contributed by atoms with Crippen LogP contribution in [-0.2, 0) is 14.3 Å². The van der Waals surface area contributed by atoms with Crippen LogP contribution in [-0.4, -0.2) is 51.0 Å². The molecule has 0 radical (unpaired) electrons. The fourth-order valence-electron chi connectivity index (χ4n) is 1.69. The first-order chi connectivity index (χ1) is 6.67. The molecule has 0 spiro atoms. The molecule has 1 unspecified atom stereocenters. The summed E-state index contributed by atoms with van der Waals surface area (Å²) in [6.45, 7) is 2.30. The van der Waals surface area contributed by atoms with Crippen LogP contribution in [0.15, 0.2) is 0 Å². The van der Waals surface area contributed by atoms with E-state index in [-0.39, 0.29) is 18.1 Å². The molecular weight excluding hydrogens is 184 g/mol. The molecule has 2 N–H and O–H groups in total. The van der Waals surface area contributed by atoms with Gasteiger partial charge >= 0.3 is 0 Å². The van der Waals surface area contributed by atoms with Crippen molar-refractivity contribution in [3.05, 3.63) is 0 Å². The average Bonchev–Trinajstić information content (AvgIpc) is 2.62. The second-order valence-electron chi connectivity index (χ2n) is 3.55. The minimum atomic E-state index is -0.221. The van der Waals surface area contributed by atoms with Crippen LogP contribution >= 0.6 is 0 Å². The third-order valence-electron chi connectivity index (χ3n) is 2.61. The van der Waals surface area contributed by atoms with E-state index in [2.05, 4.69) is 4.90 Å². The highest BCUT2D eigenvalue weighted by Gasteiger charge is 2.27. The maximum atomic E-state index is 10.9. The largest absolute Gasteiger partial charge is 0.369 e. The maximum absolute atomic E-state index is 10.9. The highest BCUT2D eigenvalue weighted by Crippen LogP contribution is 2.16. The molecule has 0 aromatic carbocycles. The number of nitrogens with two attached hydrogens (primary N) is 1. The third kappa shape index (κ3) is 2.94. The van der Waals surface area contributed by atoms with Gasteiger partial charge in [0.1, 0.15) is 0 Å². The number of hydrogen-bond acceptors (Lipinski definition) is 4. The fourth-order valence-corrected chi connectivity index (χ4v) is 1.69. The molecule has 1 rings (SSSR count). The van der Waals surface area contributed by atoms with Crippen LogP contribution in [0.1, 0.15) is 6.42 Å². The zero-order valence-corrected chi connectivity index (χ0v) is 8.73. The Kier molecular flexibility index (Phi) is 4.31. The van der Waals surface area contributed by atoms with E-state index in [1.807, 2.05) is 0 Å². The van der Waals surface area contributed by atoms with Gasteiger partial charge < -0.3 is 15.2 Å². The number of nitrogens with zero attached hydrogens (tertiary/aromatic N) is 1. The Labute approximate surface area is 84.1 Å². The first kappa shape index (κ1) is 11.4. The quantitative estimate of drug-likeness (QED) is 0.605. The van der Waals surface area contributed by atoms with E-state index in [9.17, 15) is 4.79 Å². The fraction of sp³-hybridized carbons (Fsp3) is 0.889. The van der Waals surface area contributed by atoms with Gasteiger partial charge in [-0.15, -0.1) is 0 Å². The summed E-state index contributed by atoms with van der Waals surface area (Å²) < 4.78 is 10.2. The lowest BCUT2D eigenvalue weighted by molar-refractivity contribution is -0.123. The zero-order valence-electron chi connectivity index (χ0n) is 8.73. The summed E-state index contributed by atoms with van der Waals surface area (Å²) in [6, 6.07) is 0. The summed E-state index contributed by atoms with van der Waals surface area (Å²) in [5.74, 6) is -0.219. The monoisotopic (exact) mass is 202 g/mol. The number of amides is 1. The van der Waals surface area contributed by atoms with Crippen LogP contribution in [0.4, 0.5) is 0 Å². The van der Waals surface area contributed by atoms with Crippen molar-refractivity contribution in [3.8, 4) is 0 Å². The van der Waals surface area contributed by atoms with Gasteiger partial charge in [-0.2, -0.15) is 0 Å². The summed E-state index contributed by atoms with van der Waals surface area (Å²) in [6.07, 6.45) is 0.622. The van der Waals surface area contributed by atoms with Crippen molar-refractivity contribution in [2.24, 2.45) is 11.7 Å². The molecule has 0 bridgehead atoms. The molecule has 1 aliphatic heterocycles. The number of rotatable bonds is 5. The summed E-state index contributed by atoms with van der Waals surface area (Å²) in [5.41, 5.74) is 5.23. The molecule has 1 fully saturated rings. The van der Waals surface area contributed by atoms with Gasteiger partial charge in [-0.05, 0) is 13.0 Å². The van der Waals surface area contributed by atoms with Gasteiger partial charge in [0.2, 0.25) is 5.91 Å². The molecule has 82 valence electrons. The second kappa shape index (κ2) is 5.29. The maximum Gasteiger partial charge on any atom is 0.221 e. The van der Waals surface area contributed by atoms with Crippen molar-refractivity contribution in [1.82, 2.24) is 4.90 Å². The summed E-state index contributed by atoms with van der Waals surface area (Å²) in [5, 5.41) is 0. The molecule has 0 aromatic heterocycles. The Balaban J connectivity index is 2.31. The Bertz CT molecular complexity index is 194. The van der Waals surface area contributed by atoms with Gasteiger partial charge in [0.05, 0.1) is 5.92 Å². The average molecular weight is 202 g/mol. The van der Waals surface area contributed by atoms with Crippen molar-refractivity contribution in [3.63, 3.8) is 0 Å². The third-order valence-corrected chi connectivity index (χ3v) is 2.61. The van der Waals surface area contributed by atoms with E-state index in [0.29, 0.717) is 6.54 Å². The first-order valence-electron chi connectivity index (χ1n) is 4.74. The number of primary amides is 1. The summed E-state index contributed by atoms with van der Waals surface area (Å²) in [7, 11) is 3.21. The SMILES string of the molecule is COC(CN1CCC(C(N)=O)C1)OC. The van der Waals surface area contributed by atoms with Crippen molar-refractivity contribution in [2.45, 2.75) is 12.7 Å². The van der Waals surface area contributed by atoms with E-state index in [1.54, 1.807) is 14.2 Å². The van der Waals surface area contributed by atoms with Gasteiger partial charge in [0.15, 0.2) is 6.29 Å². The molecule has 1 amide bonds. The highest BCUT2D eigenvalue weighted by atomic mass is 16.7. The van der Waals surface area contributed by atoms with E-state index in [0.717, 1.165) is 19.5 Å². The van der Waals surface area contributed by atoms with Gasteiger partial charge in [-0.25, -0.2) is 0 Å². The van der Waals surface area contributed by atoms with Crippen molar-refractivity contribution in [1.29, 1.82) is 0 Å². The van der Waals surface area contributed by atoms with Crippen molar-refractivity contribution >= 4 is 5.91 Å². The van der Waals surface area contributed by atoms with E-state index < -0.39 is 0 Å². The van der Waals surface area contributed by atoms with Crippen LogP contribution in [0.3, 0.4) is 0 Å². The lowest BCUT2D eigenvalue weighted by Crippen LogP contribution is -2.34. The molecule has 1 atom stereocenters. The van der Waals surface area contributed by atoms with E-state index >= 15 is 0 Å². The molecule has 0 aromatic rings. The minimum Gasteiger partial charge on any atom is -0.369 e. The Morgan fingerprint density at radius 3 is 2.64 bits per heavy atom. The molecule has 0 saturated carbocycles. The Hall–Kier alpha value is -0.650. The Morgan fingerprint density at radius 2 is 2.21 bits per heavy atom. The molecule has 1 aliphatic rings. The topological polar surface area (TPSA) is 64.8 Å².